The van der Waals surface area contributed by atoms with Gasteiger partial charge in [0.25, 0.3) is 0 Å². The van der Waals surface area contributed by atoms with Gasteiger partial charge in [0.1, 0.15) is 17.5 Å². The van der Waals surface area contributed by atoms with Crippen LogP contribution in [0.5, 0.6) is 0 Å². The third-order valence-electron chi connectivity index (χ3n) is 12.3. The summed E-state index contributed by atoms with van der Waals surface area (Å²) in [6.45, 7) is 6.74. The molecule has 8 rings (SSSR count). The lowest BCUT2D eigenvalue weighted by Gasteiger charge is -2.41. The minimum absolute atomic E-state index is 0.000369. The first-order valence-corrected chi connectivity index (χ1v) is 14.6. The smallest absolute Gasteiger partial charge is 0.311 e. The molecule has 0 amide bonds. The molecule has 0 aromatic carbocycles. The van der Waals surface area contributed by atoms with Crippen LogP contribution in [-0.4, -0.2) is 80.9 Å². The number of Topliss-reactive ketones (excluding diaryl/α,β-unsaturated/α-hetero) is 2. The van der Waals surface area contributed by atoms with Crippen LogP contribution in [0.1, 0.15) is 66.2 Å². The SMILES string of the molecule is C[C@@H]1C(=O)[C@@]2(C)CC[C@]34C[C@]56OC(=O)C[C@H]5O[C@@](C)(CO)[C@@H]6[C@@H](O)C[C@H]3C(=O)[C@]3(O4)O[C@@]4(C[C@H](C)C(=O)O4)[C@@H]1[C@H]32. The minimum Gasteiger partial charge on any atom is -0.456 e. The Balaban J connectivity index is 1.31. The predicted molar refractivity (Wildman–Crippen MR) is 130 cm³/mol. The molecule has 6 heterocycles. The van der Waals surface area contributed by atoms with Crippen LogP contribution in [0, 0.1) is 40.9 Å². The molecule has 6 aliphatic heterocycles. The molecule has 8 fully saturated rings. The minimum atomic E-state index is -1.84. The number of carbonyl (C=O) groups is 4. The number of aliphatic hydroxyl groups excluding tert-OH is 2. The maximum absolute atomic E-state index is 14.8. The lowest BCUT2D eigenvalue weighted by Crippen LogP contribution is -2.55. The van der Waals surface area contributed by atoms with Crippen molar-refractivity contribution in [3.8, 4) is 0 Å². The van der Waals surface area contributed by atoms with Crippen LogP contribution in [0.4, 0.5) is 0 Å². The first-order valence-electron chi connectivity index (χ1n) is 14.6. The fraction of sp³-hybridized carbons (Fsp3) is 0.862. The summed E-state index contributed by atoms with van der Waals surface area (Å²) in [5.41, 5.74) is -4.70. The van der Waals surface area contributed by atoms with E-state index in [1.54, 1.807) is 13.8 Å². The molecule has 8 aliphatic rings. The molecule has 0 radical (unpaired) electrons. The summed E-state index contributed by atoms with van der Waals surface area (Å²) in [6.07, 6.45) is -0.918. The predicted octanol–water partition coefficient (Wildman–Crippen LogP) is 0.804. The van der Waals surface area contributed by atoms with Gasteiger partial charge in [-0.1, -0.05) is 20.8 Å². The second-order valence-corrected chi connectivity index (χ2v) is 14.4. The Bertz CT molecular complexity index is 1280. The lowest BCUT2D eigenvalue weighted by molar-refractivity contribution is -0.313. The van der Waals surface area contributed by atoms with Crippen molar-refractivity contribution >= 4 is 23.5 Å². The number of ketones is 2. The van der Waals surface area contributed by atoms with Gasteiger partial charge in [-0.05, 0) is 26.2 Å². The third-order valence-corrected chi connectivity index (χ3v) is 12.3. The number of fused-ring (bicyclic) bond motifs is 1. The Morgan fingerprint density at radius 2 is 1.73 bits per heavy atom. The topological polar surface area (TPSA) is 155 Å². The van der Waals surface area contributed by atoms with Gasteiger partial charge in [0.15, 0.2) is 5.78 Å². The summed E-state index contributed by atoms with van der Waals surface area (Å²) < 4.78 is 31.9. The third kappa shape index (κ3) is 2.55. The molecule has 2 bridgehead atoms. The lowest BCUT2D eigenvalue weighted by atomic mass is 9.63. The number of hydrogen-bond donors (Lipinski definition) is 2. The zero-order valence-corrected chi connectivity index (χ0v) is 23.1. The van der Waals surface area contributed by atoms with Crippen molar-refractivity contribution in [2.24, 2.45) is 40.9 Å². The molecule has 6 saturated heterocycles. The number of esters is 2. The highest BCUT2D eigenvalue weighted by atomic mass is 16.8. The monoisotopic (exact) mass is 560 g/mol. The van der Waals surface area contributed by atoms with Crippen LogP contribution in [0.15, 0.2) is 0 Å². The Kier molecular flexibility index (Phi) is 4.61. The van der Waals surface area contributed by atoms with Gasteiger partial charge in [-0.2, -0.15) is 0 Å². The van der Waals surface area contributed by atoms with Crippen LogP contribution in [0.25, 0.3) is 0 Å². The molecule has 0 aromatic rings. The van der Waals surface area contributed by atoms with E-state index in [9.17, 15) is 29.4 Å². The zero-order chi connectivity index (χ0) is 28.4. The van der Waals surface area contributed by atoms with E-state index in [1.165, 1.54) is 0 Å². The zero-order valence-electron chi connectivity index (χ0n) is 23.1. The molecule has 4 spiro atoms. The molecule has 40 heavy (non-hydrogen) atoms. The molecule has 14 atom stereocenters. The number of aliphatic hydroxyl groups is 2. The normalized spacial score (nSPS) is 61.1. The summed E-state index contributed by atoms with van der Waals surface area (Å²) >= 11 is 0. The Morgan fingerprint density at radius 1 is 0.975 bits per heavy atom. The molecular formula is C29H36O11. The van der Waals surface area contributed by atoms with Crippen molar-refractivity contribution in [1.82, 2.24) is 0 Å². The van der Waals surface area contributed by atoms with Crippen molar-refractivity contribution in [2.45, 2.75) is 107 Å². The summed E-state index contributed by atoms with van der Waals surface area (Å²) in [7, 11) is 0. The molecular weight excluding hydrogens is 524 g/mol. The van der Waals surface area contributed by atoms with E-state index in [2.05, 4.69) is 0 Å². The highest BCUT2D eigenvalue weighted by molar-refractivity contribution is 5.97. The maximum Gasteiger partial charge on any atom is 0.311 e. The van der Waals surface area contributed by atoms with Gasteiger partial charge in [0.05, 0.1) is 48.1 Å². The molecule has 218 valence electrons. The number of carbonyl (C=O) groups excluding carboxylic acids is 4. The molecule has 2 N–H and O–H groups in total. The van der Waals surface area contributed by atoms with Crippen LogP contribution in [-0.2, 0) is 42.9 Å². The largest absolute Gasteiger partial charge is 0.456 e. The van der Waals surface area contributed by atoms with Gasteiger partial charge in [-0.25, -0.2) is 0 Å². The standard InChI is InChI=1S/C29H36O11/c1-12-9-28(38-23(12)35)18-13(2)21(33)24(3)5-6-26-10-27-16(8-17(32)37-27)36-25(4,11-30)19(27)15(31)7-14(26)22(34)29(39-26,40-28)20(18)24/h12-16,18-20,30-31H,5-11H2,1-4H3/t12-,13-,14-,15-,16+,18-,19-,20-,24-,25-,26-,27-,28-,29+/m0/s1. The number of hydrogen-bond acceptors (Lipinski definition) is 11. The van der Waals surface area contributed by atoms with Crippen molar-refractivity contribution in [2.75, 3.05) is 6.61 Å². The van der Waals surface area contributed by atoms with Crippen molar-refractivity contribution in [3.63, 3.8) is 0 Å². The van der Waals surface area contributed by atoms with Crippen LogP contribution >= 0.6 is 0 Å². The molecule has 2 aliphatic carbocycles. The van der Waals surface area contributed by atoms with Crippen molar-refractivity contribution < 1.29 is 53.1 Å². The highest BCUT2D eigenvalue weighted by Crippen LogP contribution is 2.74. The Hall–Kier alpha value is -1.92. The van der Waals surface area contributed by atoms with Gasteiger partial charge >= 0.3 is 11.9 Å². The van der Waals surface area contributed by atoms with Gasteiger partial charge in [-0.15, -0.1) is 0 Å². The maximum atomic E-state index is 14.8. The average Bonchev–Trinajstić information content (AvgIpc) is 3.57. The molecule has 0 unspecified atom stereocenters. The van der Waals surface area contributed by atoms with E-state index in [0.717, 1.165) is 0 Å². The van der Waals surface area contributed by atoms with Gasteiger partial charge in [-0.3, -0.25) is 23.9 Å². The first kappa shape index (κ1) is 25.8. The van der Waals surface area contributed by atoms with Gasteiger partial charge in [0, 0.05) is 36.0 Å². The fourth-order valence-electron chi connectivity index (χ4n) is 11.0. The van der Waals surface area contributed by atoms with E-state index in [-0.39, 0.29) is 37.2 Å². The summed E-state index contributed by atoms with van der Waals surface area (Å²) in [6, 6.07) is 0. The summed E-state index contributed by atoms with van der Waals surface area (Å²) in [5.74, 6) is -8.35. The molecule has 2 saturated carbocycles. The summed E-state index contributed by atoms with van der Waals surface area (Å²) in [5, 5.41) is 22.0. The summed E-state index contributed by atoms with van der Waals surface area (Å²) in [4.78, 5) is 54.1. The molecule has 0 aromatic heterocycles. The Morgan fingerprint density at radius 3 is 2.40 bits per heavy atom. The van der Waals surface area contributed by atoms with E-state index in [0.29, 0.717) is 12.8 Å². The molecule has 11 heteroatoms. The van der Waals surface area contributed by atoms with Crippen molar-refractivity contribution in [3.05, 3.63) is 0 Å². The van der Waals surface area contributed by atoms with Crippen LogP contribution < -0.4 is 0 Å². The second-order valence-electron chi connectivity index (χ2n) is 14.4. The van der Waals surface area contributed by atoms with Gasteiger partial charge < -0.3 is 29.2 Å². The van der Waals surface area contributed by atoms with Crippen molar-refractivity contribution in [1.29, 1.82) is 0 Å². The fourth-order valence-corrected chi connectivity index (χ4v) is 11.0. The van der Waals surface area contributed by atoms with Gasteiger partial charge in [0.2, 0.25) is 11.6 Å². The molecule has 11 nitrogen and oxygen atoms in total. The second kappa shape index (κ2) is 7.16. The number of rotatable bonds is 1. The average molecular weight is 561 g/mol. The van der Waals surface area contributed by atoms with E-state index < -0.39 is 100 Å². The first-order chi connectivity index (χ1) is 18.7. The quantitative estimate of drug-likeness (QED) is 0.438. The van der Waals surface area contributed by atoms with E-state index >= 15 is 0 Å². The van der Waals surface area contributed by atoms with E-state index in [1.807, 2.05) is 13.8 Å². The van der Waals surface area contributed by atoms with Crippen LogP contribution in [0.2, 0.25) is 0 Å². The van der Waals surface area contributed by atoms with Crippen LogP contribution in [0.3, 0.4) is 0 Å². The Labute approximate surface area is 231 Å². The number of ether oxygens (including phenoxy) is 5. The highest BCUT2D eigenvalue weighted by Gasteiger charge is 2.86. The van der Waals surface area contributed by atoms with E-state index in [4.69, 9.17) is 23.7 Å².